The van der Waals surface area contributed by atoms with Gasteiger partial charge in [0, 0.05) is 18.8 Å². The molecular formula is C19H33FN4O. The molecule has 1 aliphatic carbocycles. The van der Waals surface area contributed by atoms with E-state index in [4.69, 9.17) is 11.1 Å². The summed E-state index contributed by atoms with van der Waals surface area (Å²) in [4.78, 5) is 17.9. The van der Waals surface area contributed by atoms with E-state index in [1.54, 1.807) is 6.21 Å². The molecule has 6 heteroatoms. The van der Waals surface area contributed by atoms with Crippen molar-refractivity contribution in [2.45, 2.75) is 70.6 Å². The van der Waals surface area contributed by atoms with Gasteiger partial charge >= 0.3 is 0 Å². The lowest BCUT2D eigenvalue weighted by molar-refractivity contribution is -0.116. The Morgan fingerprint density at radius 1 is 1.40 bits per heavy atom. The number of primary amides is 1. The van der Waals surface area contributed by atoms with Crippen LogP contribution in [0.2, 0.25) is 0 Å². The zero-order valence-electron chi connectivity index (χ0n) is 15.5. The van der Waals surface area contributed by atoms with Crippen molar-refractivity contribution in [3.8, 4) is 0 Å². The highest BCUT2D eigenvalue weighted by molar-refractivity contribution is 5.88. The van der Waals surface area contributed by atoms with Gasteiger partial charge in [-0.15, -0.1) is 0 Å². The predicted octanol–water partition coefficient (Wildman–Crippen LogP) is 2.83. The first-order valence-electron chi connectivity index (χ1n) is 9.61. The topological polar surface area (TPSA) is 82.5 Å². The van der Waals surface area contributed by atoms with E-state index >= 15 is 4.39 Å². The Morgan fingerprint density at radius 3 is 2.84 bits per heavy atom. The first-order chi connectivity index (χ1) is 11.9. The maximum absolute atomic E-state index is 15.1. The molecule has 0 aromatic carbocycles. The highest BCUT2D eigenvalue weighted by Gasteiger charge is 2.45. The monoisotopic (exact) mass is 352 g/mol. The molecule has 1 heterocycles. The second kappa shape index (κ2) is 9.41. The van der Waals surface area contributed by atoms with Crippen LogP contribution in [0.5, 0.6) is 0 Å². The Morgan fingerprint density at radius 2 is 2.16 bits per heavy atom. The minimum atomic E-state index is -0.882. The van der Waals surface area contributed by atoms with Gasteiger partial charge in [0.1, 0.15) is 6.17 Å². The van der Waals surface area contributed by atoms with Gasteiger partial charge in [0.15, 0.2) is 0 Å². The molecule has 142 valence electrons. The van der Waals surface area contributed by atoms with Crippen molar-refractivity contribution in [3.05, 3.63) is 0 Å². The fourth-order valence-electron chi connectivity index (χ4n) is 4.66. The molecule has 0 aromatic heterocycles. The fourth-order valence-corrected chi connectivity index (χ4v) is 4.66. The average Bonchev–Trinajstić information content (AvgIpc) is 2.74. The molecule has 2 rings (SSSR count). The minimum absolute atomic E-state index is 0.0206. The number of amides is 1. The predicted molar refractivity (Wildman–Crippen MR) is 100 cm³/mol. The van der Waals surface area contributed by atoms with Gasteiger partial charge in [-0.1, -0.05) is 20.3 Å². The smallest absolute Gasteiger partial charge is 0.222 e. The molecule has 0 bridgehead atoms. The summed E-state index contributed by atoms with van der Waals surface area (Å²) < 4.78 is 15.1. The number of nitrogens with one attached hydrogen (secondary N) is 1. The van der Waals surface area contributed by atoms with Crippen LogP contribution in [0.25, 0.3) is 0 Å². The fraction of sp³-hybridized carbons (Fsp3) is 0.842. The lowest BCUT2D eigenvalue weighted by Crippen LogP contribution is -2.55. The molecule has 6 atom stereocenters. The zero-order chi connectivity index (χ0) is 18.4. The van der Waals surface area contributed by atoms with Crippen LogP contribution in [0, 0.1) is 23.2 Å². The number of nitrogens with two attached hydrogens (primary N) is 1. The van der Waals surface area contributed by atoms with Crippen LogP contribution in [0.1, 0.15) is 52.4 Å². The average molecular weight is 352 g/mol. The zero-order valence-corrected chi connectivity index (χ0v) is 15.5. The Bertz CT molecular complexity index is 484. The third kappa shape index (κ3) is 5.33. The van der Waals surface area contributed by atoms with Crippen LogP contribution >= 0.6 is 0 Å². The molecule has 1 amide bonds. The molecule has 1 saturated heterocycles. The molecule has 0 spiro atoms. The van der Waals surface area contributed by atoms with Crippen LogP contribution in [0.4, 0.5) is 4.39 Å². The molecule has 0 radical (unpaired) electrons. The van der Waals surface area contributed by atoms with Gasteiger partial charge in [-0.3, -0.25) is 14.7 Å². The molecule has 2 aliphatic rings. The van der Waals surface area contributed by atoms with Crippen LogP contribution in [0.15, 0.2) is 4.99 Å². The van der Waals surface area contributed by atoms with E-state index < -0.39 is 12.1 Å². The van der Waals surface area contributed by atoms with E-state index in [1.165, 1.54) is 19.1 Å². The number of alkyl halides is 1. The van der Waals surface area contributed by atoms with E-state index in [9.17, 15) is 4.79 Å². The number of nitrogens with zero attached hydrogens (tertiary/aromatic N) is 2. The number of carbonyl (C=O) groups excluding carboxylic acids is 1. The minimum Gasteiger partial charge on any atom is -0.369 e. The first kappa shape index (κ1) is 20.0. The second-order valence-corrected chi connectivity index (χ2v) is 7.89. The van der Waals surface area contributed by atoms with Crippen molar-refractivity contribution >= 4 is 18.3 Å². The molecule has 25 heavy (non-hydrogen) atoms. The number of likely N-dealkylation sites (tertiary alicyclic amines) is 1. The molecule has 2 fully saturated rings. The van der Waals surface area contributed by atoms with Crippen molar-refractivity contribution in [1.29, 1.82) is 5.41 Å². The van der Waals surface area contributed by atoms with Crippen LogP contribution in [0.3, 0.4) is 0 Å². The van der Waals surface area contributed by atoms with Crippen molar-refractivity contribution in [3.63, 3.8) is 0 Å². The summed E-state index contributed by atoms with van der Waals surface area (Å²) in [6.07, 6.45) is 6.70. The molecule has 1 aliphatic heterocycles. The van der Waals surface area contributed by atoms with Crippen LogP contribution < -0.4 is 5.73 Å². The first-order valence-corrected chi connectivity index (χ1v) is 9.61. The summed E-state index contributed by atoms with van der Waals surface area (Å²) in [5.41, 5.74) is 5.20. The third-order valence-electron chi connectivity index (χ3n) is 5.81. The summed E-state index contributed by atoms with van der Waals surface area (Å²) >= 11 is 0. The van der Waals surface area contributed by atoms with Gasteiger partial charge < -0.3 is 11.1 Å². The summed E-state index contributed by atoms with van der Waals surface area (Å²) in [6.45, 7) is 6.23. The number of halogens is 1. The number of carbonyl (C=O) groups is 1. The summed E-state index contributed by atoms with van der Waals surface area (Å²) in [7, 11) is 0. The number of rotatable bonds is 6. The maximum Gasteiger partial charge on any atom is 0.222 e. The van der Waals surface area contributed by atoms with Crippen molar-refractivity contribution in [1.82, 2.24) is 4.90 Å². The quantitative estimate of drug-likeness (QED) is 0.721. The molecular weight excluding hydrogens is 319 g/mol. The van der Waals surface area contributed by atoms with Gasteiger partial charge in [0.25, 0.3) is 0 Å². The van der Waals surface area contributed by atoms with E-state index in [0.29, 0.717) is 18.8 Å². The Balaban J connectivity index is 2.18. The van der Waals surface area contributed by atoms with Gasteiger partial charge in [0.05, 0.1) is 12.5 Å². The standard InChI is InChI=1S/C19H33FN4O/c1-13-5-3-4-10-24(12-13)19-14(2)18(23-9-7-17(22)25)15(6-8-21)11-16(19)20/h8-9,13-16,18-19,21H,3-7,10-12H2,1-2H3,(H2,22,25). The van der Waals surface area contributed by atoms with Crippen LogP contribution in [-0.4, -0.2) is 54.6 Å². The van der Waals surface area contributed by atoms with Crippen molar-refractivity contribution in [2.75, 3.05) is 13.1 Å². The highest BCUT2D eigenvalue weighted by Crippen LogP contribution is 2.39. The molecule has 3 N–H and O–H groups in total. The molecule has 1 saturated carbocycles. The largest absolute Gasteiger partial charge is 0.369 e. The Hall–Kier alpha value is -1.30. The van der Waals surface area contributed by atoms with E-state index in [0.717, 1.165) is 19.5 Å². The Labute approximate surface area is 150 Å². The highest BCUT2D eigenvalue weighted by atomic mass is 19.1. The van der Waals surface area contributed by atoms with Gasteiger partial charge in [0.2, 0.25) is 5.91 Å². The van der Waals surface area contributed by atoms with Crippen molar-refractivity contribution < 1.29 is 9.18 Å². The van der Waals surface area contributed by atoms with E-state index in [1.807, 2.05) is 0 Å². The van der Waals surface area contributed by atoms with Crippen molar-refractivity contribution in [2.24, 2.45) is 28.5 Å². The van der Waals surface area contributed by atoms with E-state index in [2.05, 4.69) is 23.7 Å². The number of hydrogen-bond donors (Lipinski definition) is 2. The maximum atomic E-state index is 15.1. The number of hydrogen-bond acceptors (Lipinski definition) is 4. The molecule has 5 nitrogen and oxygen atoms in total. The van der Waals surface area contributed by atoms with Gasteiger partial charge in [-0.25, -0.2) is 4.39 Å². The normalized spacial score (nSPS) is 37.7. The number of aliphatic imine (C=N–C) groups is 1. The molecule has 6 unspecified atom stereocenters. The summed E-state index contributed by atoms with van der Waals surface area (Å²) in [6, 6.07) is -0.185. The van der Waals surface area contributed by atoms with Gasteiger partial charge in [-0.05, 0) is 56.2 Å². The lowest BCUT2D eigenvalue weighted by Gasteiger charge is -2.46. The van der Waals surface area contributed by atoms with E-state index in [-0.39, 0.29) is 30.3 Å². The SMILES string of the molecule is CC1CCCCN(C2C(F)CC(CC=N)C(N=CCC(N)=O)C2C)C1. The summed E-state index contributed by atoms with van der Waals surface area (Å²) in [5, 5.41) is 7.42. The third-order valence-corrected chi connectivity index (χ3v) is 5.81. The second-order valence-electron chi connectivity index (χ2n) is 7.89. The lowest BCUT2D eigenvalue weighted by atomic mass is 9.72. The molecule has 0 aromatic rings. The summed E-state index contributed by atoms with van der Waals surface area (Å²) in [5.74, 6) is 0.269. The van der Waals surface area contributed by atoms with Crippen LogP contribution in [-0.2, 0) is 4.79 Å². The Kier molecular flexibility index (Phi) is 7.54. The van der Waals surface area contributed by atoms with Gasteiger partial charge in [-0.2, -0.15) is 0 Å².